The smallest absolute Gasteiger partial charge is 0.214 e. The molecule has 0 aromatic carbocycles. The van der Waals surface area contributed by atoms with E-state index in [4.69, 9.17) is 5.26 Å². The molecule has 0 radical (unpaired) electrons. The molecular formula is C16H26N2O2S. The van der Waals surface area contributed by atoms with Crippen molar-refractivity contribution < 1.29 is 8.42 Å². The number of rotatable bonds is 9. The van der Waals surface area contributed by atoms with Gasteiger partial charge in [0.25, 0.3) is 0 Å². The summed E-state index contributed by atoms with van der Waals surface area (Å²) in [4.78, 5) is 0. The number of allylic oxidation sites excluding steroid dienone is 3. The zero-order valence-corrected chi connectivity index (χ0v) is 13.8. The molecule has 0 aliphatic heterocycles. The van der Waals surface area contributed by atoms with E-state index in [0.29, 0.717) is 13.0 Å². The van der Waals surface area contributed by atoms with E-state index in [1.807, 2.05) is 19.1 Å². The van der Waals surface area contributed by atoms with Gasteiger partial charge >= 0.3 is 0 Å². The number of unbranched alkanes of at least 4 members (excludes halogenated alkanes) is 5. The minimum atomic E-state index is -3.36. The predicted octanol–water partition coefficient (Wildman–Crippen LogP) is 3.29. The predicted molar refractivity (Wildman–Crippen MR) is 86.1 cm³/mol. The Morgan fingerprint density at radius 2 is 1.86 bits per heavy atom. The zero-order chi connectivity index (χ0) is 15.8. The molecule has 0 aromatic heterocycles. The molecule has 1 rings (SSSR count). The fraction of sp³-hybridized carbons (Fsp3) is 0.688. The van der Waals surface area contributed by atoms with Crippen LogP contribution in [-0.2, 0) is 10.0 Å². The normalized spacial score (nSPS) is 24.9. The van der Waals surface area contributed by atoms with Gasteiger partial charge in [0.1, 0.15) is 4.75 Å². The summed E-state index contributed by atoms with van der Waals surface area (Å²) in [5.41, 5.74) is 0. The fourth-order valence-corrected chi connectivity index (χ4v) is 3.93. The Morgan fingerprint density at radius 3 is 2.52 bits per heavy atom. The highest BCUT2D eigenvalue weighted by atomic mass is 32.2. The fourth-order valence-electron chi connectivity index (χ4n) is 2.38. The third-order valence-corrected chi connectivity index (χ3v) is 6.43. The van der Waals surface area contributed by atoms with Gasteiger partial charge in [-0.25, -0.2) is 13.1 Å². The van der Waals surface area contributed by atoms with Crippen LogP contribution in [0.5, 0.6) is 0 Å². The highest BCUT2D eigenvalue weighted by Gasteiger charge is 2.41. The lowest BCUT2D eigenvalue weighted by Gasteiger charge is -2.32. The van der Waals surface area contributed by atoms with Gasteiger partial charge in [0.15, 0.2) is 0 Å². The molecule has 0 bridgehead atoms. The van der Waals surface area contributed by atoms with Crippen molar-refractivity contribution in [3.05, 3.63) is 24.3 Å². The zero-order valence-electron chi connectivity index (χ0n) is 13.0. The molecule has 0 saturated heterocycles. The van der Waals surface area contributed by atoms with Crippen molar-refractivity contribution >= 4 is 10.0 Å². The molecule has 1 aliphatic carbocycles. The Balaban J connectivity index is 2.32. The number of nitrogens with zero attached hydrogens (tertiary/aromatic N) is 1. The summed E-state index contributed by atoms with van der Waals surface area (Å²) in [5, 5.41) is 8.43. The van der Waals surface area contributed by atoms with E-state index in [9.17, 15) is 8.42 Å². The first kappa shape index (κ1) is 17.9. The van der Waals surface area contributed by atoms with Crippen LogP contribution in [0, 0.1) is 17.2 Å². The second kappa shape index (κ2) is 8.35. The van der Waals surface area contributed by atoms with Crippen molar-refractivity contribution in [2.24, 2.45) is 5.92 Å². The molecule has 21 heavy (non-hydrogen) atoms. The number of nitriles is 1. The maximum Gasteiger partial charge on any atom is 0.221 e. The Morgan fingerprint density at radius 1 is 1.19 bits per heavy atom. The third-order valence-electron chi connectivity index (χ3n) is 4.18. The largest absolute Gasteiger partial charge is 0.221 e. The first-order valence-electron chi connectivity index (χ1n) is 7.66. The molecule has 0 saturated carbocycles. The number of hydrogen-bond acceptors (Lipinski definition) is 3. The molecule has 0 fully saturated rings. The van der Waals surface area contributed by atoms with Crippen molar-refractivity contribution in [2.45, 2.75) is 57.1 Å². The Bertz CT molecular complexity index is 517. The maximum absolute atomic E-state index is 12.5. The van der Waals surface area contributed by atoms with Crippen LogP contribution in [0.4, 0.5) is 0 Å². The molecule has 5 heteroatoms. The molecule has 0 spiro atoms. The first-order chi connectivity index (χ1) is 9.94. The van der Waals surface area contributed by atoms with Crippen LogP contribution in [0.1, 0.15) is 52.4 Å². The molecule has 1 aliphatic rings. The van der Waals surface area contributed by atoms with E-state index in [0.717, 1.165) is 32.1 Å². The average Bonchev–Trinajstić information content (AvgIpc) is 2.45. The van der Waals surface area contributed by atoms with E-state index >= 15 is 0 Å². The standard InChI is InChI=1S/C16H26N2O2S/c1-15-11-7-8-12-16(15,2)21(19,20)18-14-10-6-4-3-5-9-13-17/h7-8,11-12,15,18H,3-6,9-10,14H2,1-2H3. The van der Waals surface area contributed by atoms with Gasteiger partial charge in [-0.1, -0.05) is 50.5 Å². The van der Waals surface area contributed by atoms with Gasteiger partial charge in [0, 0.05) is 13.0 Å². The van der Waals surface area contributed by atoms with Crippen molar-refractivity contribution in [3.63, 3.8) is 0 Å². The van der Waals surface area contributed by atoms with Gasteiger partial charge in [-0.2, -0.15) is 5.26 Å². The maximum atomic E-state index is 12.5. The lowest BCUT2D eigenvalue weighted by Crippen LogP contribution is -2.47. The van der Waals surface area contributed by atoms with E-state index in [-0.39, 0.29) is 5.92 Å². The van der Waals surface area contributed by atoms with Gasteiger partial charge in [-0.15, -0.1) is 0 Å². The van der Waals surface area contributed by atoms with E-state index < -0.39 is 14.8 Å². The van der Waals surface area contributed by atoms with Crippen LogP contribution >= 0.6 is 0 Å². The van der Waals surface area contributed by atoms with Crippen LogP contribution in [0.3, 0.4) is 0 Å². The van der Waals surface area contributed by atoms with Crippen LogP contribution < -0.4 is 4.72 Å². The van der Waals surface area contributed by atoms with Gasteiger partial charge in [-0.3, -0.25) is 0 Å². The van der Waals surface area contributed by atoms with Crippen molar-refractivity contribution in [1.82, 2.24) is 4.72 Å². The summed E-state index contributed by atoms with van der Waals surface area (Å²) in [6.07, 6.45) is 12.9. The number of nitrogens with one attached hydrogen (secondary N) is 1. The summed E-state index contributed by atoms with van der Waals surface area (Å²) < 4.78 is 26.8. The molecule has 1 N–H and O–H groups in total. The molecule has 2 atom stereocenters. The van der Waals surface area contributed by atoms with Crippen molar-refractivity contribution in [2.75, 3.05) is 6.54 Å². The molecular weight excluding hydrogens is 284 g/mol. The summed E-state index contributed by atoms with van der Waals surface area (Å²) in [5.74, 6) is -0.0361. The number of hydrogen-bond donors (Lipinski definition) is 1. The topological polar surface area (TPSA) is 70.0 Å². The van der Waals surface area contributed by atoms with E-state index in [1.165, 1.54) is 0 Å². The Kier molecular flexibility index (Phi) is 7.13. The van der Waals surface area contributed by atoms with E-state index in [2.05, 4.69) is 10.8 Å². The molecule has 0 amide bonds. The van der Waals surface area contributed by atoms with E-state index in [1.54, 1.807) is 19.1 Å². The lowest BCUT2D eigenvalue weighted by molar-refractivity contribution is 0.499. The van der Waals surface area contributed by atoms with Crippen LogP contribution in [-0.4, -0.2) is 19.7 Å². The molecule has 118 valence electrons. The summed E-state index contributed by atoms with van der Waals surface area (Å²) in [6, 6.07) is 2.13. The number of sulfonamides is 1. The highest BCUT2D eigenvalue weighted by Crippen LogP contribution is 2.31. The van der Waals surface area contributed by atoms with Gasteiger partial charge in [0.2, 0.25) is 10.0 Å². The van der Waals surface area contributed by atoms with Crippen molar-refractivity contribution in [3.8, 4) is 6.07 Å². The minimum absolute atomic E-state index is 0.0361. The molecule has 2 unspecified atom stereocenters. The lowest BCUT2D eigenvalue weighted by atomic mass is 9.91. The molecule has 0 aromatic rings. The monoisotopic (exact) mass is 310 g/mol. The first-order valence-corrected chi connectivity index (χ1v) is 9.14. The molecule has 4 nitrogen and oxygen atoms in total. The summed E-state index contributed by atoms with van der Waals surface area (Å²) >= 11 is 0. The second-order valence-electron chi connectivity index (χ2n) is 5.79. The average molecular weight is 310 g/mol. The third kappa shape index (κ3) is 4.98. The van der Waals surface area contributed by atoms with Crippen molar-refractivity contribution in [1.29, 1.82) is 5.26 Å². The van der Waals surface area contributed by atoms with Crippen LogP contribution in [0.25, 0.3) is 0 Å². The Hall–Kier alpha value is -1.12. The summed E-state index contributed by atoms with van der Waals surface area (Å²) in [6.45, 7) is 4.18. The van der Waals surface area contributed by atoms with Crippen LogP contribution in [0.15, 0.2) is 24.3 Å². The SMILES string of the molecule is CC1C=CC=CC1(C)S(=O)(=O)NCCCCCCCC#N. The summed E-state index contributed by atoms with van der Waals surface area (Å²) in [7, 11) is -3.36. The second-order valence-corrected chi connectivity index (χ2v) is 7.97. The highest BCUT2D eigenvalue weighted by molar-refractivity contribution is 7.91. The van der Waals surface area contributed by atoms with Gasteiger partial charge < -0.3 is 0 Å². The van der Waals surface area contributed by atoms with Gasteiger partial charge in [0.05, 0.1) is 6.07 Å². The van der Waals surface area contributed by atoms with Gasteiger partial charge in [-0.05, 0) is 25.7 Å². The quantitative estimate of drug-likeness (QED) is 0.664. The minimum Gasteiger partial charge on any atom is -0.214 e. The van der Waals surface area contributed by atoms with Crippen LogP contribution in [0.2, 0.25) is 0 Å². The molecule has 0 heterocycles. The Labute approximate surface area is 129 Å².